The van der Waals surface area contributed by atoms with Gasteiger partial charge in [0.05, 0.1) is 0 Å². The van der Waals surface area contributed by atoms with Gasteiger partial charge in [0.25, 0.3) is 0 Å². The summed E-state index contributed by atoms with van der Waals surface area (Å²) in [5.74, 6) is 1.22. The molecule has 3 nitrogen and oxygen atoms in total. The number of nitrogens with one attached hydrogen (secondary N) is 1. The van der Waals surface area contributed by atoms with E-state index >= 15 is 0 Å². The third-order valence-electron chi connectivity index (χ3n) is 7.10. The second-order valence-electron chi connectivity index (χ2n) is 9.09. The third-order valence-corrected chi connectivity index (χ3v) is 7.10. The first-order chi connectivity index (χ1) is 12.7. The van der Waals surface area contributed by atoms with Gasteiger partial charge in [0.1, 0.15) is 0 Å². The van der Waals surface area contributed by atoms with E-state index in [1.165, 1.54) is 44.2 Å². The summed E-state index contributed by atoms with van der Waals surface area (Å²) in [5.41, 5.74) is 1.89. The van der Waals surface area contributed by atoms with E-state index in [1.54, 1.807) is 0 Å². The van der Waals surface area contributed by atoms with Crippen LogP contribution in [0.1, 0.15) is 63.9 Å². The van der Waals surface area contributed by atoms with Crippen LogP contribution in [-0.2, 0) is 10.2 Å². The van der Waals surface area contributed by atoms with Gasteiger partial charge in [0.2, 0.25) is 5.91 Å². The molecule has 2 aliphatic carbocycles. The molecule has 0 bridgehead atoms. The first-order valence-electron chi connectivity index (χ1n) is 10.7. The highest BCUT2D eigenvalue weighted by atomic mass is 16.2. The lowest BCUT2D eigenvalue weighted by atomic mass is 9.69. The smallest absolute Gasteiger partial charge is 0.223 e. The van der Waals surface area contributed by atoms with Gasteiger partial charge in [-0.3, -0.25) is 4.79 Å². The Morgan fingerprint density at radius 2 is 1.77 bits per heavy atom. The van der Waals surface area contributed by atoms with Crippen molar-refractivity contribution < 1.29 is 4.79 Å². The van der Waals surface area contributed by atoms with Gasteiger partial charge in [-0.25, -0.2) is 0 Å². The second-order valence-corrected chi connectivity index (χ2v) is 9.09. The van der Waals surface area contributed by atoms with E-state index in [0.29, 0.717) is 29.2 Å². The zero-order valence-corrected chi connectivity index (χ0v) is 16.3. The maximum Gasteiger partial charge on any atom is 0.223 e. The normalized spacial score (nSPS) is 29.3. The molecule has 142 valence electrons. The lowest BCUT2D eigenvalue weighted by Crippen LogP contribution is -2.49. The van der Waals surface area contributed by atoms with Crippen molar-refractivity contribution in [1.82, 2.24) is 10.2 Å². The standard InChI is InChI=1S/C23H34N2O/c1-18-16-21(18)22(26)24-20-10-14-25(15-11-20)17-23(12-6-3-7-13-23)19-8-4-2-5-9-19/h2,4-5,8-9,18,20-21H,3,6-7,10-17H2,1H3,(H,24,26)/t18-,21+/m1/s1. The highest BCUT2D eigenvalue weighted by Gasteiger charge is 2.40. The number of amides is 1. The highest BCUT2D eigenvalue weighted by molar-refractivity contribution is 5.81. The Morgan fingerprint density at radius 1 is 1.12 bits per heavy atom. The zero-order valence-electron chi connectivity index (χ0n) is 16.3. The average molecular weight is 355 g/mol. The van der Waals surface area contributed by atoms with Crippen molar-refractivity contribution in [3.8, 4) is 0 Å². The van der Waals surface area contributed by atoms with Crippen LogP contribution in [0.4, 0.5) is 0 Å². The first kappa shape index (κ1) is 18.0. The molecule has 0 aromatic heterocycles. The number of rotatable bonds is 5. The summed E-state index contributed by atoms with van der Waals surface area (Å²) in [7, 11) is 0. The third kappa shape index (κ3) is 3.98. The van der Waals surface area contributed by atoms with Gasteiger partial charge in [-0.15, -0.1) is 0 Å². The van der Waals surface area contributed by atoms with Gasteiger partial charge in [-0.2, -0.15) is 0 Å². The Morgan fingerprint density at radius 3 is 2.38 bits per heavy atom. The van der Waals surface area contributed by atoms with Gasteiger partial charge in [0.15, 0.2) is 0 Å². The fraction of sp³-hybridized carbons (Fsp3) is 0.696. The average Bonchev–Trinajstić information content (AvgIpc) is 3.42. The van der Waals surface area contributed by atoms with Crippen molar-refractivity contribution in [3.05, 3.63) is 35.9 Å². The molecule has 1 aromatic carbocycles. The summed E-state index contributed by atoms with van der Waals surface area (Å²) in [6.07, 6.45) is 10.1. The van der Waals surface area contributed by atoms with Crippen molar-refractivity contribution in [2.24, 2.45) is 11.8 Å². The number of likely N-dealkylation sites (tertiary alicyclic amines) is 1. The summed E-state index contributed by atoms with van der Waals surface area (Å²) in [6.45, 7) is 5.62. The lowest BCUT2D eigenvalue weighted by molar-refractivity contribution is -0.123. The minimum Gasteiger partial charge on any atom is -0.353 e. The minimum atomic E-state index is 0.302. The molecule has 26 heavy (non-hydrogen) atoms. The van der Waals surface area contributed by atoms with Crippen LogP contribution in [0.2, 0.25) is 0 Å². The summed E-state index contributed by atoms with van der Waals surface area (Å²) in [6, 6.07) is 11.6. The van der Waals surface area contributed by atoms with Crippen LogP contribution in [-0.4, -0.2) is 36.5 Å². The Kier molecular flexibility index (Phi) is 5.35. The molecule has 0 spiro atoms. The molecule has 3 fully saturated rings. The quantitative estimate of drug-likeness (QED) is 0.862. The Balaban J connectivity index is 1.34. The zero-order chi connectivity index (χ0) is 18.0. The Labute approximate surface area is 158 Å². The van der Waals surface area contributed by atoms with Crippen LogP contribution >= 0.6 is 0 Å². The number of piperidine rings is 1. The molecular weight excluding hydrogens is 320 g/mol. The number of benzene rings is 1. The van der Waals surface area contributed by atoms with Crippen LogP contribution < -0.4 is 5.32 Å². The van der Waals surface area contributed by atoms with Crippen LogP contribution in [0.5, 0.6) is 0 Å². The van der Waals surface area contributed by atoms with E-state index in [0.717, 1.165) is 32.4 Å². The molecule has 3 heteroatoms. The van der Waals surface area contributed by atoms with Crippen molar-refractivity contribution in [1.29, 1.82) is 0 Å². The fourth-order valence-electron chi connectivity index (χ4n) is 5.22. The monoisotopic (exact) mass is 354 g/mol. The molecule has 1 N–H and O–H groups in total. The molecular formula is C23H34N2O. The largest absolute Gasteiger partial charge is 0.353 e. The van der Waals surface area contributed by atoms with E-state index in [4.69, 9.17) is 0 Å². The number of nitrogens with zero attached hydrogens (tertiary/aromatic N) is 1. The van der Waals surface area contributed by atoms with E-state index < -0.39 is 0 Å². The molecule has 2 atom stereocenters. The molecule has 3 aliphatic rings. The highest BCUT2D eigenvalue weighted by Crippen LogP contribution is 2.41. The Hall–Kier alpha value is -1.35. The molecule has 0 radical (unpaired) electrons. The van der Waals surface area contributed by atoms with Gasteiger partial charge in [-0.1, -0.05) is 56.5 Å². The summed E-state index contributed by atoms with van der Waals surface area (Å²) in [4.78, 5) is 14.9. The number of hydrogen-bond acceptors (Lipinski definition) is 2. The van der Waals surface area contributed by atoms with Gasteiger partial charge in [-0.05, 0) is 43.6 Å². The Bertz CT molecular complexity index is 600. The van der Waals surface area contributed by atoms with E-state index in [2.05, 4.69) is 47.5 Å². The maximum atomic E-state index is 12.2. The minimum absolute atomic E-state index is 0.302. The second kappa shape index (κ2) is 7.72. The number of carbonyl (C=O) groups is 1. The van der Waals surface area contributed by atoms with Crippen molar-refractivity contribution in [2.75, 3.05) is 19.6 Å². The van der Waals surface area contributed by atoms with Gasteiger partial charge < -0.3 is 10.2 Å². The van der Waals surface area contributed by atoms with Crippen LogP contribution in [0.25, 0.3) is 0 Å². The van der Waals surface area contributed by atoms with Crippen LogP contribution in [0, 0.1) is 11.8 Å². The fourth-order valence-corrected chi connectivity index (χ4v) is 5.22. The first-order valence-corrected chi connectivity index (χ1v) is 10.7. The predicted octanol–water partition coefficient (Wildman–Crippen LogP) is 4.13. The molecule has 1 heterocycles. The number of hydrogen-bond donors (Lipinski definition) is 1. The topological polar surface area (TPSA) is 32.3 Å². The number of carbonyl (C=O) groups excluding carboxylic acids is 1. The summed E-state index contributed by atoms with van der Waals surface area (Å²) >= 11 is 0. The van der Waals surface area contributed by atoms with Crippen molar-refractivity contribution in [3.63, 3.8) is 0 Å². The molecule has 1 aromatic rings. The van der Waals surface area contributed by atoms with Gasteiger partial charge >= 0.3 is 0 Å². The molecule has 1 aliphatic heterocycles. The molecule has 1 amide bonds. The van der Waals surface area contributed by atoms with E-state index in [9.17, 15) is 4.79 Å². The molecule has 1 saturated heterocycles. The maximum absolute atomic E-state index is 12.2. The molecule has 0 unspecified atom stereocenters. The van der Waals surface area contributed by atoms with Crippen LogP contribution in [0.3, 0.4) is 0 Å². The molecule has 2 saturated carbocycles. The summed E-state index contributed by atoms with van der Waals surface area (Å²) < 4.78 is 0. The van der Waals surface area contributed by atoms with Crippen LogP contribution in [0.15, 0.2) is 30.3 Å². The lowest BCUT2D eigenvalue weighted by Gasteiger charge is -2.44. The predicted molar refractivity (Wildman–Crippen MR) is 106 cm³/mol. The van der Waals surface area contributed by atoms with E-state index in [1.807, 2.05) is 0 Å². The van der Waals surface area contributed by atoms with Crippen molar-refractivity contribution >= 4 is 5.91 Å². The SMILES string of the molecule is C[C@@H]1C[C@@H]1C(=O)NC1CCN(CC2(c3ccccc3)CCCCC2)CC1. The van der Waals surface area contributed by atoms with Crippen molar-refractivity contribution in [2.45, 2.75) is 69.7 Å². The van der Waals surface area contributed by atoms with E-state index in [-0.39, 0.29) is 0 Å². The van der Waals surface area contributed by atoms with Gasteiger partial charge in [0, 0.05) is 37.0 Å². The summed E-state index contributed by atoms with van der Waals surface area (Å²) in [5, 5.41) is 3.31. The molecule has 4 rings (SSSR count).